The first-order valence-electron chi connectivity index (χ1n) is 6.55. The van der Waals surface area contributed by atoms with Crippen LogP contribution < -0.4 is 5.32 Å². The lowest BCUT2D eigenvalue weighted by molar-refractivity contribution is 0.0953. The zero-order chi connectivity index (χ0) is 13.8. The molecule has 3 heterocycles. The molecule has 0 saturated carbocycles. The van der Waals surface area contributed by atoms with Crippen molar-refractivity contribution in [3.63, 3.8) is 0 Å². The van der Waals surface area contributed by atoms with Gasteiger partial charge in [-0.25, -0.2) is 4.98 Å². The molecule has 0 atom stereocenters. The number of aryl methyl sites for hydroxylation is 1. The van der Waals surface area contributed by atoms with E-state index in [0.717, 1.165) is 29.6 Å². The van der Waals surface area contributed by atoms with E-state index in [1.807, 2.05) is 29.1 Å². The van der Waals surface area contributed by atoms with E-state index < -0.39 is 0 Å². The number of carbonyl (C=O) groups excluding carboxylic acids is 1. The molecule has 1 N–H and O–H groups in total. The summed E-state index contributed by atoms with van der Waals surface area (Å²) in [6, 6.07) is 7.89. The zero-order valence-electron chi connectivity index (χ0n) is 11.0. The molecule has 0 bridgehead atoms. The van der Waals surface area contributed by atoms with Crippen molar-refractivity contribution >= 4 is 28.3 Å². The van der Waals surface area contributed by atoms with Gasteiger partial charge in [0.1, 0.15) is 5.65 Å². The average Bonchev–Trinajstić information content (AvgIpc) is 3.13. The van der Waals surface area contributed by atoms with Crippen molar-refractivity contribution in [2.45, 2.75) is 13.0 Å². The molecule has 0 aliphatic rings. The van der Waals surface area contributed by atoms with E-state index in [1.165, 1.54) is 11.3 Å². The standard InChI is InChI=1S/C15H15N3OS/c19-15(13-5-10-20-11-13)17-7-2-8-18-9-4-12-3-1-6-16-14(12)18/h1,3-6,9-11H,2,7-8H2,(H,17,19). The Bertz CT molecular complexity index is 703. The van der Waals surface area contributed by atoms with Crippen LogP contribution in [0.2, 0.25) is 0 Å². The van der Waals surface area contributed by atoms with Gasteiger partial charge in [0.2, 0.25) is 0 Å². The van der Waals surface area contributed by atoms with Crippen LogP contribution in [0.25, 0.3) is 11.0 Å². The van der Waals surface area contributed by atoms with E-state index in [4.69, 9.17) is 0 Å². The minimum absolute atomic E-state index is 0.00161. The van der Waals surface area contributed by atoms with Gasteiger partial charge in [-0.3, -0.25) is 4.79 Å². The van der Waals surface area contributed by atoms with Crippen molar-refractivity contribution in [3.05, 3.63) is 53.0 Å². The maximum absolute atomic E-state index is 11.8. The van der Waals surface area contributed by atoms with Gasteiger partial charge in [0, 0.05) is 41.8 Å². The first-order valence-corrected chi connectivity index (χ1v) is 7.49. The lowest BCUT2D eigenvalue weighted by Gasteiger charge is -2.06. The number of fused-ring (bicyclic) bond motifs is 1. The van der Waals surface area contributed by atoms with E-state index in [9.17, 15) is 4.79 Å². The predicted molar refractivity (Wildman–Crippen MR) is 81.0 cm³/mol. The quantitative estimate of drug-likeness (QED) is 0.733. The van der Waals surface area contributed by atoms with Crippen LogP contribution in [-0.2, 0) is 6.54 Å². The second kappa shape index (κ2) is 5.88. The van der Waals surface area contributed by atoms with Crippen LogP contribution in [0.15, 0.2) is 47.4 Å². The fraction of sp³-hybridized carbons (Fsp3) is 0.200. The second-order valence-corrected chi connectivity index (χ2v) is 5.33. The molecule has 0 saturated heterocycles. The number of hydrogen-bond donors (Lipinski definition) is 1. The van der Waals surface area contributed by atoms with Gasteiger partial charge >= 0.3 is 0 Å². The van der Waals surface area contributed by atoms with Crippen molar-refractivity contribution < 1.29 is 4.79 Å². The fourth-order valence-corrected chi connectivity index (χ4v) is 2.78. The lowest BCUT2D eigenvalue weighted by Crippen LogP contribution is -2.24. The van der Waals surface area contributed by atoms with Gasteiger partial charge in [-0.05, 0) is 36.1 Å². The van der Waals surface area contributed by atoms with Gasteiger partial charge in [0.15, 0.2) is 0 Å². The first kappa shape index (κ1) is 12.9. The summed E-state index contributed by atoms with van der Waals surface area (Å²) in [5.41, 5.74) is 1.74. The summed E-state index contributed by atoms with van der Waals surface area (Å²) in [5, 5.41) is 7.85. The molecule has 3 aromatic rings. The Balaban J connectivity index is 1.52. The maximum atomic E-state index is 11.8. The summed E-state index contributed by atoms with van der Waals surface area (Å²) < 4.78 is 2.12. The second-order valence-electron chi connectivity index (χ2n) is 4.55. The summed E-state index contributed by atoms with van der Waals surface area (Å²) >= 11 is 1.53. The molecule has 1 amide bonds. The zero-order valence-corrected chi connectivity index (χ0v) is 11.8. The number of rotatable bonds is 5. The predicted octanol–water partition coefficient (Wildman–Crippen LogP) is 2.92. The molecule has 0 aliphatic heterocycles. The van der Waals surface area contributed by atoms with Gasteiger partial charge in [0.25, 0.3) is 5.91 Å². The molecular weight excluding hydrogens is 270 g/mol. The molecule has 0 aliphatic carbocycles. The molecular formula is C15H15N3OS. The number of hydrogen-bond acceptors (Lipinski definition) is 3. The molecule has 20 heavy (non-hydrogen) atoms. The molecule has 5 heteroatoms. The van der Waals surface area contributed by atoms with Crippen LogP contribution in [0.4, 0.5) is 0 Å². The van der Waals surface area contributed by atoms with E-state index in [0.29, 0.717) is 6.54 Å². The summed E-state index contributed by atoms with van der Waals surface area (Å²) in [6.07, 6.45) is 4.73. The minimum Gasteiger partial charge on any atom is -0.352 e. The normalized spacial score (nSPS) is 10.8. The largest absolute Gasteiger partial charge is 0.352 e. The Morgan fingerprint density at radius 1 is 1.35 bits per heavy atom. The molecule has 0 unspecified atom stereocenters. The van der Waals surface area contributed by atoms with Gasteiger partial charge < -0.3 is 9.88 Å². The fourth-order valence-electron chi connectivity index (χ4n) is 2.15. The maximum Gasteiger partial charge on any atom is 0.252 e. The highest BCUT2D eigenvalue weighted by Crippen LogP contribution is 2.12. The Morgan fingerprint density at radius 2 is 2.30 bits per heavy atom. The third-order valence-electron chi connectivity index (χ3n) is 3.17. The van der Waals surface area contributed by atoms with Crippen LogP contribution in [0, 0.1) is 0 Å². The topological polar surface area (TPSA) is 46.9 Å². The summed E-state index contributed by atoms with van der Waals surface area (Å²) in [7, 11) is 0. The van der Waals surface area contributed by atoms with Crippen molar-refractivity contribution in [2.75, 3.05) is 6.54 Å². The Kier molecular flexibility index (Phi) is 3.78. The minimum atomic E-state index is 0.00161. The highest BCUT2D eigenvalue weighted by molar-refractivity contribution is 7.08. The number of carbonyl (C=O) groups is 1. The third-order valence-corrected chi connectivity index (χ3v) is 3.85. The molecule has 3 aromatic heterocycles. The van der Waals surface area contributed by atoms with Gasteiger partial charge in [-0.15, -0.1) is 0 Å². The molecule has 0 spiro atoms. The van der Waals surface area contributed by atoms with Crippen LogP contribution >= 0.6 is 11.3 Å². The van der Waals surface area contributed by atoms with Crippen molar-refractivity contribution in [3.8, 4) is 0 Å². The van der Waals surface area contributed by atoms with Crippen molar-refractivity contribution in [2.24, 2.45) is 0 Å². The monoisotopic (exact) mass is 285 g/mol. The van der Waals surface area contributed by atoms with E-state index in [1.54, 1.807) is 6.20 Å². The number of nitrogens with zero attached hydrogens (tertiary/aromatic N) is 2. The van der Waals surface area contributed by atoms with Crippen LogP contribution in [-0.4, -0.2) is 22.0 Å². The van der Waals surface area contributed by atoms with Crippen molar-refractivity contribution in [1.82, 2.24) is 14.9 Å². The van der Waals surface area contributed by atoms with Crippen LogP contribution in [0.1, 0.15) is 16.8 Å². The number of pyridine rings is 1. The molecule has 3 rings (SSSR count). The molecule has 4 nitrogen and oxygen atoms in total. The van der Waals surface area contributed by atoms with Crippen LogP contribution in [0.5, 0.6) is 0 Å². The highest BCUT2D eigenvalue weighted by Gasteiger charge is 2.05. The average molecular weight is 285 g/mol. The number of nitrogens with one attached hydrogen (secondary N) is 1. The molecule has 0 fully saturated rings. The number of aromatic nitrogens is 2. The molecule has 0 aromatic carbocycles. The van der Waals surface area contributed by atoms with Crippen LogP contribution in [0.3, 0.4) is 0 Å². The number of amides is 1. The summed E-state index contributed by atoms with van der Waals surface area (Å²) in [5.74, 6) is 0.00161. The SMILES string of the molecule is O=C(NCCCn1ccc2cccnc21)c1ccsc1. The summed E-state index contributed by atoms with van der Waals surface area (Å²) in [4.78, 5) is 16.1. The Morgan fingerprint density at radius 3 is 3.15 bits per heavy atom. The summed E-state index contributed by atoms with van der Waals surface area (Å²) in [6.45, 7) is 1.52. The Labute approximate surface area is 121 Å². The third kappa shape index (κ3) is 2.72. The van der Waals surface area contributed by atoms with Crippen molar-refractivity contribution in [1.29, 1.82) is 0 Å². The van der Waals surface area contributed by atoms with Gasteiger partial charge in [-0.1, -0.05) is 0 Å². The Hall–Kier alpha value is -2.14. The molecule has 0 radical (unpaired) electrons. The van der Waals surface area contributed by atoms with Gasteiger partial charge in [-0.2, -0.15) is 11.3 Å². The van der Waals surface area contributed by atoms with E-state index >= 15 is 0 Å². The smallest absolute Gasteiger partial charge is 0.252 e. The first-order chi connectivity index (χ1) is 9.84. The van der Waals surface area contributed by atoms with E-state index in [2.05, 4.69) is 27.0 Å². The molecule has 102 valence electrons. The lowest BCUT2D eigenvalue weighted by atomic mass is 10.3. The number of thiophene rings is 1. The van der Waals surface area contributed by atoms with E-state index in [-0.39, 0.29) is 5.91 Å². The highest BCUT2D eigenvalue weighted by atomic mass is 32.1. The van der Waals surface area contributed by atoms with Gasteiger partial charge in [0.05, 0.1) is 0 Å².